The highest BCUT2D eigenvalue weighted by Gasteiger charge is 2.24. The van der Waals surface area contributed by atoms with E-state index in [0.29, 0.717) is 30.8 Å². The maximum absolute atomic E-state index is 11.1. The van der Waals surface area contributed by atoms with Crippen molar-refractivity contribution in [2.45, 2.75) is 19.4 Å². The summed E-state index contributed by atoms with van der Waals surface area (Å²) in [5.74, 6) is -0.920. The third kappa shape index (κ3) is 2.02. The first-order chi connectivity index (χ1) is 7.58. The number of nitrogens with zero attached hydrogens (tertiary/aromatic N) is 1. The zero-order valence-electron chi connectivity index (χ0n) is 9.18. The molecule has 0 bridgehead atoms. The minimum absolute atomic E-state index is 0.305. The van der Waals surface area contributed by atoms with Crippen LogP contribution in [0.4, 0.5) is 5.69 Å². The summed E-state index contributed by atoms with van der Waals surface area (Å²) in [4.78, 5) is 13.0. The van der Waals surface area contributed by atoms with Crippen LogP contribution in [0.25, 0.3) is 0 Å². The number of aliphatic hydroxyl groups is 1. The van der Waals surface area contributed by atoms with Crippen molar-refractivity contribution in [3.05, 3.63) is 29.3 Å². The summed E-state index contributed by atoms with van der Waals surface area (Å²) < 4.78 is 0. The molecular formula is C12H15NO3. The number of carboxylic acids is 1. The van der Waals surface area contributed by atoms with E-state index in [1.54, 1.807) is 12.1 Å². The lowest BCUT2D eigenvalue weighted by Gasteiger charge is -2.20. The van der Waals surface area contributed by atoms with E-state index in [1.165, 1.54) is 0 Å². The Balaban J connectivity index is 2.37. The van der Waals surface area contributed by atoms with Gasteiger partial charge in [-0.1, -0.05) is 6.07 Å². The standard InChI is InChI=1S/C12H15NO3/c1-8-2-3-10(12(15)16)11(6-8)13-5-4-9(14)7-13/h2-3,6,9,14H,4-5,7H2,1H3,(H,15,16). The van der Waals surface area contributed by atoms with Crippen molar-refractivity contribution in [3.8, 4) is 0 Å². The van der Waals surface area contributed by atoms with E-state index in [1.807, 2.05) is 17.9 Å². The third-order valence-corrected chi connectivity index (χ3v) is 2.89. The van der Waals surface area contributed by atoms with Gasteiger partial charge in [0.25, 0.3) is 0 Å². The third-order valence-electron chi connectivity index (χ3n) is 2.89. The number of β-amino-alcohol motifs (C(OH)–C–C–N with tert-alkyl or cyclic N) is 1. The van der Waals surface area contributed by atoms with Crippen LogP contribution in [0.1, 0.15) is 22.3 Å². The molecule has 4 heteroatoms. The molecule has 1 heterocycles. The van der Waals surface area contributed by atoms with Crippen LogP contribution in [0.5, 0.6) is 0 Å². The van der Waals surface area contributed by atoms with Crippen molar-refractivity contribution in [2.75, 3.05) is 18.0 Å². The highest BCUT2D eigenvalue weighted by molar-refractivity contribution is 5.94. The Morgan fingerprint density at radius 1 is 1.50 bits per heavy atom. The number of carbonyl (C=O) groups is 1. The molecule has 1 aromatic carbocycles. The molecule has 0 amide bonds. The Morgan fingerprint density at radius 2 is 2.25 bits per heavy atom. The lowest BCUT2D eigenvalue weighted by Crippen LogP contribution is -2.23. The van der Waals surface area contributed by atoms with E-state index in [4.69, 9.17) is 5.11 Å². The molecule has 1 aromatic rings. The van der Waals surface area contributed by atoms with Crippen molar-refractivity contribution < 1.29 is 15.0 Å². The van der Waals surface area contributed by atoms with E-state index >= 15 is 0 Å². The molecule has 0 spiro atoms. The Bertz CT molecular complexity index is 417. The Kier molecular flexibility index (Phi) is 2.83. The van der Waals surface area contributed by atoms with E-state index in [-0.39, 0.29) is 6.10 Å². The molecule has 4 nitrogen and oxygen atoms in total. The van der Waals surface area contributed by atoms with Gasteiger partial charge in [-0.05, 0) is 31.0 Å². The van der Waals surface area contributed by atoms with Gasteiger partial charge < -0.3 is 15.1 Å². The lowest BCUT2D eigenvalue weighted by molar-refractivity contribution is 0.0697. The lowest BCUT2D eigenvalue weighted by atomic mass is 10.1. The second-order valence-corrected chi connectivity index (χ2v) is 4.21. The van der Waals surface area contributed by atoms with Gasteiger partial charge in [-0.3, -0.25) is 0 Å². The van der Waals surface area contributed by atoms with Crippen LogP contribution >= 0.6 is 0 Å². The van der Waals surface area contributed by atoms with Crippen molar-refractivity contribution in [2.24, 2.45) is 0 Å². The molecule has 86 valence electrons. The summed E-state index contributed by atoms with van der Waals surface area (Å²) in [6.07, 6.45) is 0.356. The molecule has 1 unspecified atom stereocenters. The first kappa shape index (κ1) is 11.0. The fourth-order valence-corrected chi connectivity index (χ4v) is 2.04. The Hall–Kier alpha value is -1.55. The van der Waals surface area contributed by atoms with Crippen molar-refractivity contribution in [1.82, 2.24) is 0 Å². The molecule has 1 fully saturated rings. The molecule has 0 aliphatic carbocycles. The monoisotopic (exact) mass is 221 g/mol. The Labute approximate surface area is 94.1 Å². The maximum atomic E-state index is 11.1. The van der Waals surface area contributed by atoms with Crippen molar-refractivity contribution >= 4 is 11.7 Å². The van der Waals surface area contributed by atoms with E-state index in [0.717, 1.165) is 5.56 Å². The topological polar surface area (TPSA) is 60.8 Å². The van der Waals surface area contributed by atoms with Crippen LogP contribution in [0.3, 0.4) is 0 Å². The van der Waals surface area contributed by atoms with Crippen LogP contribution in [0, 0.1) is 6.92 Å². The Morgan fingerprint density at radius 3 is 2.81 bits per heavy atom. The molecule has 1 aliphatic rings. The number of hydrogen-bond donors (Lipinski definition) is 2. The van der Waals surface area contributed by atoms with Crippen LogP contribution in [-0.2, 0) is 0 Å². The molecule has 1 saturated heterocycles. The number of hydrogen-bond acceptors (Lipinski definition) is 3. The molecule has 0 saturated carbocycles. The maximum Gasteiger partial charge on any atom is 0.337 e. The average molecular weight is 221 g/mol. The zero-order chi connectivity index (χ0) is 11.7. The highest BCUT2D eigenvalue weighted by Crippen LogP contribution is 2.26. The molecular weight excluding hydrogens is 206 g/mol. The molecule has 2 N–H and O–H groups in total. The van der Waals surface area contributed by atoms with Gasteiger partial charge in [0.05, 0.1) is 17.4 Å². The molecule has 1 aliphatic heterocycles. The summed E-state index contributed by atoms with van der Waals surface area (Å²) in [5.41, 5.74) is 2.05. The van der Waals surface area contributed by atoms with Crippen LogP contribution in [-0.4, -0.2) is 35.4 Å². The predicted molar refractivity (Wildman–Crippen MR) is 61.0 cm³/mol. The highest BCUT2D eigenvalue weighted by atomic mass is 16.4. The molecule has 16 heavy (non-hydrogen) atoms. The molecule has 2 rings (SSSR count). The number of aromatic carboxylic acids is 1. The zero-order valence-corrected chi connectivity index (χ0v) is 9.18. The molecule has 0 aromatic heterocycles. The second-order valence-electron chi connectivity index (χ2n) is 4.21. The molecule has 0 radical (unpaired) electrons. The quantitative estimate of drug-likeness (QED) is 0.789. The van der Waals surface area contributed by atoms with E-state index in [2.05, 4.69) is 0 Å². The number of carboxylic acid groups (broad SMARTS) is 1. The SMILES string of the molecule is Cc1ccc(C(=O)O)c(N2CCC(O)C2)c1. The number of rotatable bonds is 2. The smallest absolute Gasteiger partial charge is 0.337 e. The second kappa shape index (κ2) is 4.14. The van der Waals surface area contributed by atoms with E-state index in [9.17, 15) is 9.90 Å². The van der Waals surface area contributed by atoms with Gasteiger partial charge in [-0.2, -0.15) is 0 Å². The van der Waals surface area contributed by atoms with Gasteiger partial charge in [0, 0.05) is 13.1 Å². The minimum atomic E-state index is -0.920. The van der Waals surface area contributed by atoms with Gasteiger partial charge in [-0.15, -0.1) is 0 Å². The largest absolute Gasteiger partial charge is 0.478 e. The van der Waals surface area contributed by atoms with Crippen LogP contribution < -0.4 is 4.90 Å². The first-order valence-corrected chi connectivity index (χ1v) is 5.35. The van der Waals surface area contributed by atoms with E-state index < -0.39 is 5.97 Å². The van der Waals surface area contributed by atoms with Gasteiger partial charge in [0.15, 0.2) is 0 Å². The predicted octanol–water partition coefficient (Wildman–Crippen LogP) is 1.26. The van der Waals surface area contributed by atoms with Gasteiger partial charge in [0.1, 0.15) is 0 Å². The van der Waals surface area contributed by atoms with Crippen molar-refractivity contribution in [1.29, 1.82) is 0 Å². The van der Waals surface area contributed by atoms with Crippen LogP contribution in [0.15, 0.2) is 18.2 Å². The number of anilines is 1. The van der Waals surface area contributed by atoms with Gasteiger partial charge >= 0.3 is 5.97 Å². The number of aryl methyl sites for hydroxylation is 1. The first-order valence-electron chi connectivity index (χ1n) is 5.35. The summed E-state index contributed by atoms with van der Waals surface area (Å²) in [5, 5.41) is 18.6. The number of benzene rings is 1. The van der Waals surface area contributed by atoms with Crippen LogP contribution in [0.2, 0.25) is 0 Å². The summed E-state index contributed by atoms with van der Waals surface area (Å²) in [7, 11) is 0. The van der Waals surface area contributed by atoms with Crippen molar-refractivity contribution in [3.63, 3.8) is 0 Å². The normalized spacial score (nSPS) is 20.1. The van der Waals surface area contributed by atoms with Gasteiger partial charge in [-0.25, -0.2) is 4.79 Å². The van der Waals surface area contributed by atoms with Gasteiger partial charge in [0.2, 0.25) is 0 Å². The fraction of sp³-hybridized carbons (Fsp3) is 0.417. The summed E-state index contributed by atoms with van der Waals surface area (Å²) in [6.45, 7) is 3.16. The minimum Gasteiger partial charge on any atom is -0.478 e. The molecule has 1 atom stereocenters. The fourth-order valence-electron chi connectivity index (χ4n) is 2.04. The summed E-state index contributed by atoms with van der Waals surface area (Å²) in [6, 6.07) is 5.28. The number of aliphatic hydroxyl groups excluding tert-OH is 1. The average Bonchev–Trinajstić information content (AvgIpc) is 2.64. The summed E-state index contributed by atoms with van der Waals surface area (Å²) >= 11 is 0.